The number of nitrogens with one attached hydrogen (secondary N) is 3. The summed E-state index contributed by atoms with van der Waals surface area (Å²) in [6.45, 7) is 4.02. The molecule has 72 heavy (non-hydrogen) atoms. The highest BCUT2D eigenvalue weighted by Gasteiger charge is 2.56. The first-order chi connectivity index (χ1) is 34.7. The van der Waals surface area contributed by atoms with Crippen molar-refractivity contribution in [3.63, 3.8) is 0 Å². The Bertz CT molecular complexity index is 2150. The summed E-state index contributed by atoms with van der Waals surface area (Å²) in [5, 5.41) is 87.1. The van der Waals surface area contributed by atoms with E-state index in [9.17, 15) is 50.1 Å². The molecule has 19 atom stereocenters. The van der Waals surface area contributed by atoms with E-state index in [0.29, 0.717) is 16.7 Å². The second kappa shape index (κ2) is 25.7. The molecule has 22 heteroatoms. The lowest BCUT2D eigenvalue weighted by molar-refractivity contribution is -0.315. The summed E-state index contributed by atoms with van der Waals surface area (Å²) < 4.78 is 53.7. The maximum atomic E-state index is 13.2. The number of hydrogen-bond acceptors (Lipinski definition) is 19. The molecule has 396 valence electrons. The van der Waals surface area contributed by atoms with Gasteiger partial charge in [0.25, 0.3) is 0 Å². The first kappa shape index (κ1) is 54.7. The maximum absolute atomic E-state index is 13.2. The van der Waals surface area contributed by atoms with E-state index >= 15 is 0 Å². The third-order valence-corrected chi connectivity index (χ3v) is 13.3. The summed E-state index contributed by atoms with van der Waals surface area (Å²) in [5.41, 5.74) is 2.06. The van der Waals surface area contributed by atoms with Gasteiger partial charge in [0, 0.05) is 0 Å². The summed E-state index contributed by atoms with van der Waals surface area (Å²) in [4.78, 5) is 39.5. The lowest BCUT2D eigenvalue weighted by Gasteiger charge is -2.48. The van der Waals surface area contributed by atoms with Gasteiger partial charge < -0.3 is 94.3 Å². The number of alkyl carbamates (subject to hydrolysis) is 3. The predicted molar refractivity (Wildman–Crippen MR) is 249 cm³/mol. The lowest BCUT2D eigenvalue weighted by Crippen LogP contribution is -2.67. The number of hydrogen-bond donors (Lipinski definition) is 10. The second-order valence-electron chi connectivity index (χ2n) is 18.4. The monoisotopic (exact) mass is 1010 g/mol. The predicted octanol–water partition coefficient (Wildman–Crippen LogP) is 1.22. The molecular formula is C50H67N3O19. The number of rotatable bonds is 18. The Balaban J connectivity index is 1.11. The topological polar surface area (TPSA) is 312 Å². The van der Waals surface area contributed by atoms with Gasteiger partial charge in [-0.2, -0.15) is 0 Å². The van der Waals surface area contributed by atoms with Crippen LogP contribution < -0.4 is 16.0 Å². The van der Waals surface area contributed by atoms with Crippen LogP contribution in [0.5, 0.6) is 0 Å². The number of ether oxygens (including phenoxy) is 9. The molecule has 0 bridgehead atoms. The van der Waals surface area contributed by atoms with Crippen LogP contribution in [-0.2, 0) is 62.5 Å². The van der Waals surface area contributed by atoms with E-state index in [2.05, 4.69) is 16.0 Å². The Morgan fingerprint density at radius 1 is 0.500 bits per heavy atom. The minimum Gasteiger partial charge on any atom is -0.445 e. The van der Waals surface area contributed by atoms with Crippen molar-refractivity contribution in [1.82, 2.24) is 16.0 Å². The molecule has 10 N–H and O–H groups in total. The van der Waals surface area contributed by atoms with Crippen molar-refractivity contribution in [3.05, 3.63) is 108 Å². The third kappa shape index (κ3) is 13.6. The molecule has 4 fully saturated rings. The fourth-order valence-electron chi connectivity index (χ4n) is 9.33. The van der Waals surface area contributed by atoms with Gasteiger partial charge in [-0.15, -0.1) is 0 Å². The van der Waals surface area contributed by atoms with Crippen molar-refractivity contribution in [2.45, 2.75) is 170 Å². The molecule has 22 nitrogen and oxygen atoms in total. The van der Waals surface area contributed by atoms with E-state index in [1.54, 1.807) is 106 Å². The summed E-state index contributed by atoms with van der Waals surface area (Å²) >= 11 is 0. The van der Waals surface area contributed by atoms with Crippen molar-refractivity contribution in [1.29, 1.82) is 0 Å². The van der Waals surface area contributed by atoms with Gasteiger partial charge in [-0.3, -0.25) is 0 Å². The Kier molecular flexibility index (Phi) is 19.6. The zero-order chi connectivity index (χ0) is 51.5. The smallest absolute Gasteiger partial charge is 0.407 e. The number of carbonyl (C=O) groups is 3. The van der Waals surface area contributed by atoms with Crippen LogP contribution >= 0.6 is 0 Å². The number of benzene rings is 3. The second-order valence-corrected chi connectivity index (χ2v) is 18.4. The summed E-state index contributed by atoms with van der Waals surface area (Å²) in [5.74, 6) is -0.654. The standard InChI is InChI=1S/C50H67N3O19/c1-4-31-37(56)39(58)34(52-49(62)65-24-28-17-11-7-12-18-28)45(67-31)70-42-26(3)21-30(51-48(61)64-23-27-15-9-6-10-16-27)36(55)44(42)72-47-41(60)43(33(22-54)69-47)71-46-35(40(59)38(57)32(5-2)68-46)53-50(63)66-25-29-19-13-8-14-20-29/h6-20,26,30-47,54-60H,4-5,21-25H2,1-3H3,(H,51,61)(H,52,62)(H,53,63)/t26-,30+,31+,32-,33+,34+,35+,36-,37+,38+,39+,40+,41+,42+,43+,44+,45+,46+,47-/m0/s1. The van der Waals surface area contributed by atoms with Gasteiger partial charge in [0.1, 0.15) is 86.8 Å². The van der Waals surface area contributed by atoms with Gasteiger partial charge >= 0.3 is 18.3 Å². The lowest BCUT2D eigenvalue weighted by atomic mass is 9.80. The quantitative estimate of drug-likeness (QED) is 0.0801. The molecule has 0 unspecified atom stereocenters. The van der Waals surface area contributed by atoms with Gasteiger partial charge in [0.05, 0.1) is 31.0 Å². The van der Waals surface area contributed by atoms with E-state index in [1.165, 1.54) is 0 Å². The Hall–Kier alpha value is -5.05. The van der Waals surface area contributed by atoms with Crippen molar-refractivity contribution in [3.8, 4) is 0 Å². The van der Waals surface area contributed by atoms with E-state index < -0.39 is 141 Å². The van der Waals surface area contributed by atoms with Crippen LogP contribution in [0.2, 0.25) is 0 Å². The van der Waals surface area contributed by atoms with Gasteiger partial charge in [-0.05, 0) is 41.9 Å². The van der Waals surface area contributed by atoms with E-state index in [1.807, 2.05) is 6.07 Å². The average molecular weight is 1010 g/mol. The molecule has 3 amide bonds. The molecule has 3 saturated heterocycles. The molecule has 7 rings (SSSR count). The summed E-state index contributed by atoms with van der Waals surface area (Å²) in [6.07, 6.45) is -24.5. The van der Waals surface area contributed by atoms with Crippen LogP contribution in [0.15, 0.2) is 91.0 Å². The largest absolute Gasteiger partial charge is 0.445 e. The first-order valence-electron chi connectivity index (χ1n) is 24.2. The van der Waals surface area contributed by atoms with Crippen molar-refractivity contribution < 1.29 is 92.8 Å². The minimum absolute atomic E-state index is 0.0471. The highest BCUT2D eigenvalue weighted by atomic mass is 16.8. The SMILES string of the molecule is CC[C@@H]1O[C@H](O[C@H]2[C@@H](O)[C@H](O[C@@H]3[C@@H](O)[C@H](NC(=O)OCc4ccccc4)C[C@H](C)[C@H]3O[C@H]3O[C@H](CC)[C@@H](O)[C@H](O)[C@H]3NC(=O)OCc3ccccc3)O[C@@H]2CO)[C@H](NC(=O)OCc2ccccc2)[C@@H](O)[C@@H]1O. The average Bonchev–Trinajstić information content (AvgIpc) is 3.69. The number of amides is 3. The normalized spacial score (nSPS) is 35.7. The molecule has 1 saturated carbocycles. The van der Waals surface area contributed by atoms with Crippen LogP contribution in [0.25, 0.3) is 0 Å². The molecule has 4 aliphatic rings. The van der Waals surface area contributed by atoms with Crippen LogP contribution in [0.4, 0.5) is 14.4 Å². The van der Waals surface area contributed by atoms with E-state index in [-0.39, 0.29) is 39.1 Å². The zero-order valence-corrected chi connectivity index (χ0v) is 40.1. The molecule has 3 aromatic carbocycles. The van der Waals surface area contributed by atoms with E-state index in [4.69, 9.17) is 42.6 Å². The van der Waals surface area contributed by atoms with Gasteiger partial charge in [0.2, 0.25) is 0 Å². The number of aliphatic hydroxyl groups excluding tert-OH is 7. The molecular weight excluding hydrogens is 947 g/mol. The first-order valence-corrected chi connectivity index (χ1v) is 24.2. The molecule has 3 heterocycles. The van der Waals surface area contributed by atoms with Crippen LogP contribution in [0, 0.1) is 5.92 Å². The zero-order valence-electron chi connectivity index (χ0n) is 40.1. The van der Waals surface area contributed by atoms with Crippen LogP contribution in [0.1, 0.15) is 56.7 Å². The number of carbonyl (C=O) groups excluding carboxylic acids is 3. The minimum atomic E-state index is -1.80. The third-order valence-electron chi connectivity index (χ3n) is 13.3. The van der Waals surface area contributed by atoms with E-state index in [0.717, 1.165) is 0 Å². The highest BCUT2D eigenvalue weighted by Crippen LogP contribution is 2.38. The molecule has 0 radical (unpaired) electrons. The van der Waals surface area contributed by atoms with Crippen molar-refractivity contribution in [2.24, 2.45) is 5.92 Å². The Morgan fingerprint density at radius 3 is 1.31 bits per heavy atom. The number of aliphatic hydroxyl groups is 7. The van der Waals surface area contributed by atoms with Gasteiger partial charge in [-0.25, -0.2) is 14.4 Å². The molecule has 0 aromatic heterocycles. The van der Waals surface area contributed by atoms with Crippen LogP contribution in [0.3, 0.4) is 0 Å². The molecule has 1 aliphatic carbocycles. The molecule has 0 spiro atoms. The summed E-state index contributed by atoms with van der Waals surface area (Å²) in [6, 6.07) is 22.6. The molecule has 3 aliphatic heterocycles. The fraction of sp³-hybridized carbons (Fsp3) is 0.580. The van der Waals surface area contributed by atoms with Crippen molar-refractivity contribution >= 4 is 18.3 Å². The summed E-state index contributed by atoms with van der Waals surface area (Å²) in [7, 11) is 0. The van der Waals surface area contributed by atoms with Crippen molar-refractivity contribution in [2.75, 3.05) is 6.61 Å². The fourth-order valence-corrected chi connectivity index (χ4v) is 9.33. The van der Waals surface area contributed by atoms with Gasteiger partial charge in [0.15, 0.2) is 18.9 Å². The Labute approximate surface area is 416 Å². The molecule has 3 aromatic rings. The highest BCUT2D eigenvalue weighted by molar-refractivity contribution is 5.68. The Morgan fingerprint density at radius 2 is 0.889 bits per heavy atom. The van der Waals surface area contributed by atoms with Gasteiger partial charge in [-0.1, -0.05) is 112 Å². The van der Waals surface area contributed by atoms with Crippen LogP contribution in [-0.4, -0.2) is 171 Å². The maximum Gasteiger partial charge on any atom is 0.407 e.